The number of aromatic nitrogens is 1. The molecule has 158 valence electrons. The molecule has 3 rings (SSSR count). The number of aryl methyl sites for hydroxylation is 2. The van der Waals surface area contributed by atoms with Crippen LogP contribution in [0.3, 0.4) is 0 Å². The summed E-state index contributed by atoms with van der Waals surface area (Å²) in [5, 5.41) is 4.12. The number of nitrogens with one attached hydrogen (secondary N) is 2. The van der Waals surface area contributed by atoms with E-state index in [9.17, 15) is 9.59 Å². The Morgan fingerprint density at radius 1 is 1.00 bits per heavy atom. The van der Waals surface area contributed by atoms with E-state index in [1.165, 1.54) is 16.5 Å². The maximum Gasteiger partial charge on any atom is 0.306 e. The molecule has 5 heteroatoms. The van der Waals surface area contributed by atoms with Gasteiger partial charge < -0.3 is 15.0 Å². The summed E-state index contributed by atoms with van der Waals surface area (Å²) < 4.78 is 5.32. The van der Waals surface area contributed by atoms with Crippen LogP contribution in [0.2, 0.25) is 0 Å². The Labute approximate surface area is 177 Å². The number of hydrogen-bond acceptors (Lipinski definition) is 3. The Kier molecular flexibility index (Phi) is 7.66. The molecule has 0 aliphatic heterocycles. The standard InChI is InChI=1S/C25H30N2O3/c1-18(15-16-20-9-4-3-5-10-20)27-25(29)19(2)30-24(28)14-8-11-21-17-26-23-13-7-6-12-22(21)23/h3-7,9-10,12-13,17-19,26H,8,11,14-16H2,1-2H3,(H,27,29)/t18-,19+/m1/s1. The van der Waals surface area contributed by atoms with E-state index in [1.54, 1.807) is 6.92 Å². The topological polar surface area (TPSA) is 71.2 Å². The second kappa shape index (κ2) is 10.6. The SMILES string of the molecule is C[C@H](CCc1ccccc1)NC(=O)[C@H](C)OC(=O)CCCc1c[nH]c2ccccc12. The van der Waals surface area contributed by atoms with Gasteiger partial charge in [-0.15, -0.1) is 0 Å². The molecule has 2 atom stereocenters. The van der Waals surface area contributed by atoms with Gasteiger partial charge in [0.2, 0.25) is 0 Å². The summed E-state index contributed by atoms with van der Waals surface area (Å²) in [6.45, 7) is 3.59. The van der Waals surface area contributed by atoms with Gasteiger partial charge in [0, 0.05) is 29.6 Å². The van der Waals surface area contributed by atoms with Crippen LogP contribution in [0, 0.1) is 0 Å². The average Bonchev–Trinajstić information content (AvgIpc) is 3.16. The number of H-pyrrole nitrogens is 1. The van der Waals surface area contributed by atoms with Gasteiger partial charge in [-0.1, -0.05) is 48.5 Å². The van der Waals surface area contributed by atoms with Crippen LogP contribution in [0.4, 0.5) is 0 Å². The number of hydrogen-bond donors (Lipinski definition) is 2. The van der Waals surface area contributed by atoms with Crippen molar-refractivity contribution >= 4 is 22.8 Å². The Morgan fingerprint density at radius 3 is 2.53 bits per heavy atom. The zero-order valence-electron chi connectivity index (χ0n) is 17.7. The van der Waals surface area contributed by atoms with Crippen LogP contribution in [0.25, 0.3) is 10.9 Å². The minimum Gasteiger partial charge on any atom is -0.453 e. The van der Waals surface area contributed by atoms with Gasteiger partial charge >= 0.3 is 5.97 Å². The summed E-state index contributed by atoms with van der Waals surface area (Å²) >= 11 is 0. The van der Waals surface area contributed by atoms with E-state index < -0.39 is 6.10 Å². The fraction of sp³-hybridized carbons (Fsp3) is 0.360. The first-order chi connectivity index (χ1) is 14.5. The number of benzene rings is 2. The number of esters is 1. The molecule has 3 aromatic rings. The molecule has 1 aromatic heterocycles. The summed E-state index contributed by atoms with van der Waals surface area (Å²) in [5.41, 5.74) is 3.53. The molecule has 30 heavy (non-hydrogen) atoms. The van der Waals surface area contributed by atoms with Gasteiger partial charge in [-0.3, -0.25) is 9.59 Å². The normalized spacial score (nSPS) is 13.0. The summed E-state index contributed by atoms with van der Waals surface area (Å²) in [4.78, 5) is 27.7. The number of rotatable bonds is 10. The van der Waals surface area contributed by atoms with Crippen molar-refractivity contribution in [3.63, 3.8) is 0 Å². The molecule has 0 unspecified atom stereocenters. The number of ether oxygens (including phenoxy) is 1. The monoisotopic (exact) mass is 406 g/mol. The van der Waals surface area contributed by atoms with Crippen molar-refractivity contribution in [2.75, 3.05) is 0 Å². The molecule has 1 amide bonds. The van der Waals surface area contributed by atoms with Gasteiger partial charge in [-0.25, -0.2) is 0 Å². The second-order valence-electron chi connectivity index (χ2n) is 7.78. The van der Waals surface area contributed by atoms with Crippen LogP contribution in [0.1, 0.15) is 44.2 Å². The third kappa shape index (κ3) is 6.21. The molecule has 2 aromatic carbocycles. The van der Waals surface area contributed by atoms with Crippen molar-refractivity contribution in [1.82, 2.24) is 10.3 Å². The number of para-hydroxylation sites is 1. The highest BCUT2D eigenvalue weighted by molar-refractivity contribution is 5.84. The predicted octanol–water partition coefficient (Wildman–Crippen LogP) is 4.56. The van der Waals surface area contributed by atoms with E-state index >= 15 is 0 Å². The van der Waals surface area contributed by atoms with E-state index in [1.807, 2.05) is 49.5 Å². The van der Waals surface area contributed by atoms with Crippen LogP contribution >= 0.6 is 0 Å². The first-order valence-corrected chi connectivity index (χ1v) is 10.6. The minimum absolute atomic E-state index is 0.0146. The van der Waals surface area contributed by atoms with E-state index in [4.69, 9.17) is 4.74 Å². The first-order valence-electron chi connectivity index (χ1n) is 10.6. The van der Waals surface area contributed by atoms with Crippen molar-refractivity contribution in [2.45, 2.75) is 58.1 Å². The number of aromatic amines is 1. The van der Waals surface area contributed by atoms with Gasteiger partial charge in [0.05, 0.1) is 0 Å². The fourth-order valence-electron chi connectivity index (χ4n) is 3.53. The van der Waals surface area contributed by atoms with Crippen LogP contribution < -0.4 is 5.32 Å². The molecule has 0 aliphatic carbocycles. The molecular formula is C25H30N2O3. The summed E-state index contributed by atoms with van der Waals surface area (Å²) in [7, 11) is 0. The van der Waals surface area contributed by atoms with E-state index in [-0.39, 0.29) is 17.9 Å². The zero-order valence-corrected chi connectivity index (χ0v) is 17.7. The molecule has 5 nitrogen and oxygen atoms in total. The van der Waals surface area contributed by atoms with Crippen LogP contribution in [-0.4, -0.2) is 29.0 Å². The molecule has 0 saturated heterocycles. The highest BCUT2D eigenvalue weighted by Gasteiger charge is 2.19. The van der Waals surface area contributed by atoms with E-state index in [2.05, 4.69) is 28.5 Å². The fourth-order valence-corrected chi connectivity index (χ4v) is 3.53. The van der Waals surface area contributed by atoms with Crippen molar-refractivity contribution in [1.29, 1.82) is 0 Å². The zero-order chi connectivity index (χ0) is 21.3. The second-order valence-corrected chi connectivity index (χ2v) is 7.78. The van der Waals surface area contributed by atoms with Crippen LogP contribution in [0.5, 0.6) is 0 Å². The third-order valence-corrected chi connectivity index (χ3v) is 5.28. The molecule has 2 N–H and O–H groups in total. The Balaban J connectivity index is 1.36. The molecule has 0 aliphatic rings. The van der Waals surface area contributed by atoms with Crippen LogP contribution in [0.15, 0.2) is 60.8 Å². The lowest BCUT2D eigenvalue weighted by atomic mass is 10.1. The molecule has 1 heterocycles. The largest absolute Gasteiger partial charge is 0.453 e. The van der Waals surface area contributed by atoms with E-state index in [0.717, 1.165) is 24.8 Å². The highest BCUT2D eigenvalue weighted by atomic mass is 16.5. The predicted molar refractivity (Wildman–Crippen MR) is 119 cm³/mol. The van der Waals surface area contributed by atoms with Gasteiger partial charge in [-0.05, 0) is 56.7 Å². The van der Waals surface area contributed by atoms with E-state index in [0.29, 0.717) is 12.8 Å². The maximum absolute atomic E-state index is 12.3. The van der Waals surface area contributed by atoms with Crippen molar-refractivity contribution in [3.05, 3.63) is 71.9 Å². The maximum atomic E-state index is 12.3. The molecule has 0 bridgehead atoms. The lowest BCUT2D eigenvalue weighted by Gasteiger charge is -2.18. The van der Waals surface area contributed by atoms with Gasteiger partial charge in [-0.2, -0.15) is 0 Å². The summed E-state index contributed by atoms with van der Waals surface area (Å²) in [5.74, 6) is -0.588. The molecular weight excluding hydrogens is 376 g/mol. The highest BCUT2D eigenvalue weighted by Crippen LogP contribution is 2.19. The lowest BCUT2D eigenvalue weighted by Crippen LogP contribution is -2.41. The molecule has 0 spiro atoms. The van der Waals surface area contributed by atoms with Crippen LogP contribution in [-0.2, 0) is 27.2 Å². The summed E-state index contributed by atoms with van der Waals surface area (Å²) in [6.07, 6.45) is 4.69. The molecule has 0 fully saturated rings. The Hall–Kier alpha value is -3.08. The Bertz CT molecular complexity index is 965. The quantitative estimate of drug-likeness (QED) is 0.485. The third-order valence-electron chi connectivity index (χ3n) is 5.28. The van der Waals surface area contributed by atoms with Crippen molar-refractivity contribution in [2.24, 2.45) is 0 Å². The number of fused-ring (bicyclic) bond motifs is 1. The minimum atomic E-state index is -0.787. The Morgan fingerprint density at radius 2 is 1.73 bits per heavy atom. The van der Waals surface area contributed by atoms with Crippen molar-refractivity contribution < 1.29 is 14.3 Å². The average molecular weight is 407 g/mol. The van der Waals surface area contributed by atoms with Gasteiger partial charge in [0.25, 0.3) is 5.91 Å². The number of carbonyl (C=O) groups excluding carboxylic acids is 2. The lowest BCUT2D eigenvalue weighted by molar-refractivity contribution is -0.155. The smallest absolute Gasteiger partial charge is 0.306 e. The molecule has 0 saturated carbocycles. The van der Waals surface area contributed by atoms with Crippen molar-refractivity contribution in [3.8, 4) is 0 Å². The summed E-state index contributed by atoms with van der Waals surface area (Å²) in [6, 6.07) is 18.3. The number of carbonyl (C=O) groups is 2. The van der Waals surface area contributed by atoms with Gasteiger partial charge in [0.15, 0.2) is 6.10 Å². The number of amides is 1. The van der Waals surface area contributed by atoms with Gasteiger partial charge in [0.1, 0.15) is 0 Å². The first kappa shape index (κ1) is 21.6. The molecule has 0 radical (unpaired) electrons.